The SMILES string of the molecule is CNc1ccc(C[C@H](c2nn[nH]n2)[C@H](CC(C)C)C(=O)O)cn1. The quantitative estimate of drug-likeness (QED) is 0.678. The summed E-state index contributed by atoms with van der Waals surface area (Å²) in [7, 11) is 1.80. The van der Waals surface area contributed by atoms with Crippen molar-refractivity contribution in [2.45, 2.75) is 32.6 Å². The highest BCUT2D eigenvalue weighted by atomic mass is 16.4. The minimum absolute atomic E-state index is 0.260. The number of nitrogens with one attached hydrogen (secondary N) is 2. The Balaban J connectivity index is 2.27. The first kappa shape index (κ1) is 16.9. The molecule has 0 bridgehead atoms. The highest BCUT2D eigenvalue weighted by molar-refractivity contribution is 5.71. The van der Waals surface area contributed by atoms with E-state index in [0.29, 0.717) is 18.7 Å². The Labute approximate surface area is 134 Å². The number of aromatic amines is 1. The molecule has 2 rings (SSSR count). The summed E-state index contributed by atoms with van der Waals surface area (Å²) in [5.74, 6) is -0.311. The van der Waals surface area contributed by atoms with Gasteiger partial charge in [-0.15, -0.1) is 10.2 Å². The molecule has 0 saturated heterocycles. The van der Waals surface area contributed by atoms with Crippen LogP contribution in [-0.2, 0) is 11.2 Å². The molecule has 0 fully saturated rings. The zero-order valence-corrected chi connectivity index (χ0v) is 13.5. The molecule has 8 nitrogen and oxygen atoms in total. The van der Waals surface area contributed by atoms with E-state index in [1.807, 2.05) is 26.0 Å². The molecule has 0 aliphatic carbocycles. The van der Waals surface area contributed by atoms with E-state index in [1.54, 1.807) is 13.2 Å². The Morgan fingerprint density at radius 2 is 2.17 bits per heavy atom. The van der Waals surface area contributed by atoms with Gasteiger partial charge in [0.15, 0.2) is 5.82 Å². The monoisotopic (exact) mass is 318 g/mol. The lowest BCUT2D eigenvalue weighted by Crippen LogP contribution is -2.26. The molecule has 23 heavy (non-hydrogen) atoms. The highest BCUT2D eigenvalue weighted by Gasteiger charge is 2.33. The van der Waals surface area contributed by atoms with E-state index in [4.69, 9.17) is 0 Å². The molecule has 2 atom stereocenters. The average molecular weight is 318 g/mol. The van der Waals surface area contributed by atoms with Crippen LogP contribution in [0, 0.1) is 11.8 Å². The van der Waals surface area contributed by atoms with Gasteiger partial charge in [0, 0.05) is 19.2 Å². The van der Waals surface area contributed by atoms with Crippen LogP contribution in [0.15, 0.2) is 18.3 Å². The van der Waals surface area contributed by atoms with Crippen molar-refractivity contribution in [2.75, 3.05) is 12.4 Å². The van der Waals surface area contributed by atoms with E-state index in [2.05, 4.69) is 30.9 Å². The van der Waals surface area contributed by atoms with Crippen LogP contribution in [0.25, 0.3) is 0 Å². The summed E-state index contributed by atoms with van der Waals surface area (Å²) in [6.45, 7) is 4.01. The van der Waals surface area contributed by atoms with E-state index >= 15 is 0 Å². The summed E-state index contributed by atoms with van der Waals surface area (Å²) in [6, 6.07) is 3.79. The summed E-state index contributed by atoms with van der Waals surface area (Å²) in [5, 5.41) is 26.6. The fourth-order valence-corrected chi connectivity index (χ4v) is 2.63. The van der Waals surface area contributed by atoms with E-state index in [-0.39, 0.29) is 11.8 Å². The van der Waals surface area contributed by atoms with Gasteiger partial charge in [-0.2, -0.15) is 5.21 Å². The molecular weight excluding hydrogens is 296 g/mol. The Morgan fingerprint density at radius 3 is 2.65 bits per heavy atom. The maximum Gasteiger partial charge on any atom is 0.307 e. The molecule has 0 unspecified atom stereocenters. The molecular formula is C15H22N6O2. The van der Waals surface area contributed by atoms with Crippen LogP contribution in [0.3, 0.4) is 0 Å². The minimum Gasteiger partial charge on any atom is -0.481 e. The summed E-state index contributed by atoms with van der Waals surface area (Å²) < 4.78 is 0. The Bertz CT molecular complexity index is 611. The van der Waals surface area contributed by atoms with Gasteiger partial charge in [0.05, 0.1) is 5.92 Å². The molecule has 0 saturated carbocycles. The lowest BCUT2D eigenvalue weighted by atomic mass is 9.81. The molecule has 0 radical (unpaired) electrons. The van der Waals surface area contributed by atoms with Gasteiger partial charge >= 0.3 is 5.97 Å². The second-order valence-electron chi connectivity index (χ2n) is 5.96. The van der Waals surface area contributed by atoms with Gasteiger partial charge in [-0.25, -0.2) is 4.98 Å². The van der Waals surface area contributed by atoms with Crippen LogP contribution in [-0.4, -0.2) is 43.7 Å². The van der Waals surface area contributed by atoms with Crippen LogP contribution in [0.5, 0.6) is 0 Å². The normalized spacial score (nSPS) is 13.7. The van der Waals surface area contributed by atoms with Crippen molar-refractivity contribution in [3.63, 3.8) is 0 Å². The third-order valence-corrected chi connectivity index (χ3v) is 3.76. The smallest absolute Gasteiger partial charge is 0.307 e. The molecule has 0 aromatic carbocycles. The third-order valence-electron chi connectivity index (χ3n) is 3.76. The number of H-pyrrole nitrogens is 1. The van der Waals surface area contributed by atoms with Crippen LogP contribution >= 0.6 is 0 Å². The highest BCUT2D eigenvalue weighted by Crippen LogP contribution is 2.31. The predicted molar refractivity (Wildman–Crippen MR) is 85.0 cm³/mol. The molecule has 2 heterocycles. The van der Waals surface area contributed by atoms with Gasteiger partial charge in [-0.3, -0.25) is 4.79 Å². The largest absolute Gasteiger partial charge is 0.481 e. The summed E-state index contributed by atoms with van der Waals surface area (Å²) in [6.07, 6.45) is 2.80. The number of nitrogens with zero attached hydrogens (tertiary/aromatic N) is 4. The van der Waals surface area contributed by atoms with Gasteiger partial charge in [0.25, 0.3) is 0 Å². The maximum absolute atomic E-state index is 11.8. The van der Waals surface area contributed by atoms with Crippen molar-refractivity contribution in [3.05, 3.63) is 29.7 Å². The number of aliphatic carboxylic acids is 1. The van der Waals surface area contributed by atoms with Gasteiger partial charge in [0.1, 0.15) is 5.82 Å². The summed E-state index contributed by atoms with van der Waals surface area (Å²) >= 11 is 0. The van der Waals surface area contributed by atoms with Crippen molar-refractivity contribution in [1.82, 2.24) is 25.6 Å². The van der Waals surface area contributed by atoms with E-state index in [1.165, 1.54) is 0 Å². The number of pyridine rings is 1. The molecule has 0 spiro atoms. The number of carboxylic acid groups (broad SMARTS) is 1. The zero-order valence-electron chi connectivity index (χ0n) is 13.5. The molecule has 2 aromatic rings. The van der Waals surface area contributed by atoms with Crippen molar-refractivity contribution in [1.29, 1.82) is 0 Å². The lowest BCUT2D eigenvalue weighted by Gasteiger charge is -2.23. The molecule has 0 aliphatic rings. The van der Waals surface area contributed by atoms with Crippen LogP contribution in [0.4, 0.5) is 5.82 Å². The third kappa shape index (κ3) is 4.48. The first-order chi connectivity index (χ1) is 11.0. The molecule has 0 amide bonds. The molecule has 8 heteroatoms. The number of carbonyl (C=O) groups is 1. The van der Waals surface area contributed by atoms with Crippen molar-refractivity contribution < 1.29 is 9.90 Å². The first-order valence-electron chi connectivity index (χ1n) is 7.60. The number of rotatable bonds is 8. The fraction of sp³-hybridized carbons (Fsp3) is 0.533. The van der Waals surface area contributed by atoms with Crippen molar-refractivity contribution >= 4 is 11.8 Å². The molecule has 124 valence electrons. The number of tetrazole rings is 1. The molecule has 3 N–H and O–H groups in total. The zero-order chi connectivity index (χ0) is 16.8. The van der Waals surface area contributed by atoms with Crippen LogP contribution in [0.1, 0.15) is 37.6 Å². The number of aromatic nitrogens is 5. The first-order valence-corrected chi connectivity index (χ1v) is 7.60. The van der Waals surface area contributed by atoms with Crippen LogP contribution < -0.4 is 5.32 Å². The fourth-order valence-electron chi connectivity index (χ4n) is 2.63. The Kier molecular flexibility index (Phi) is 5.61. The van der Waals surface area contributed by atoms with Gasteiger partial charge in [0.2, 0.25) is 0 Å². The maximum atomic E-state index is 11.8. The van der Waals surface area contributed by atoms with E-state index in [0.717, 1.165) is 11.4 Å². The number of hydrogen-bond donors (Lipinski definition) is 3. The lowest BCUT2D eigenvalue weighted by molar-refractivity contribution is -0.143. The van der Waals surface area contributed by atoms with Crippen LogP contribution in [0.2, 0.25) is 0 Å². The second-order valence-corrected chi connectivity index (χ2v) is 5.96. The van der Waals surface area contributed by atoms with Crippen molar-refractivity contribution in [2.24, 2.45) is 11.8 Å². The van der Waals surface area contributed by atoms with Gasteiger partial charge < -0.3 is 10.4 Å². The van der Waals surface area contributed by atoms with E-state index in [9.17, 15) is 9.90 Å². The number of hydrogen-bond acceptors (Lipinski definition) is 6. The second kappa shape index (κ2) is 7.66. The standard InChI is InChI=1S/C15H22N6O2/c1-9(2)6-12(15(22)23)11(14-18-20-21-19-14)7-10-4-5-13(16-3)17-8-10/h4-5,8-9,11-12H,6-7H2,1-3H3,(H,16,17)(H,22,23)(H,18,19,20,21)/t11-,12-/m0/s1. The molecule has 0 aliphatic heterocycles. The van der Waals surface area contributed by atoms with E-state index < -0.39 is 11.9 Å². The Hall–Kier alpha value is -2.51. The minimum atomic E-state index is -0.840. The van der Waals surface area contributed by atoms with Crippen molar-refractivity contribution in [3.8, 4) is 0 Å². The van der Waals surface area contributed by atoms with Gasteiger partial charge in [-0.05, 0) is 30.4 Å². The molecule has 2 aromatic heterocycles. The summed E-state index contributed by atoms with van der Waals surface area (Å²) in [4.78, 5) is 16.0. The average Bonchev–Trinajstić information content (AvgIpc) is 3.05. The van der Waals surface area contributed by atoms with Gasteiger partial charge in [-0.1, -0.05) is 25.1 Å². The number of anilines is 1. The predicted octanol–water partition coefficient (Wildman–Crippen LogP) is 1.71. The number of carboxylic acids is 1. The summed E-state index contributed by atoms with van der Waals surface area (Å²) in [5.41, 5.74) is 0.939. The Morgan fingerprint density at radius 1 is 1.39 bits per heavy atom. The topological polar surface area (TPSA) is 117 Å².